The van der Waals surface area contributed by atoms with Gasteiger partial charge in [-0.1, -0.05) is 68.9 Å². The molecule has 2 aromatic carbocycles. The number of rotatable bonds is 10. The summed E-state index contributed by atoms with van der Waals surface area (Å²) in [5, 5.41) is 7.65. The second-order valence-corrected chi connectivity index (χ2v) is 12.8. The van der Waals surface area contributed by atoms with Crippen molar-refractivity contribution in [3.63, 3.8) is 0 Å². The summed E-state index contributed by atoms with van der Waals surface area (Å²) in [5.74, 6) is -2.80. The number of Topliss-reactive ketones (excluding diaryl/α,β-unsaturated/α-hetero) is 1. The molecule has 0 spiro atoms. The van der Waals surface area contributed by atoms with Crippen molar-refractivity contribution in [2.45, 2.75) is 95.3 Å². The number of benzene rings is 2. The Balaban J connectivity index is 1.39. The monoisotopic (exact) mass is 603 g/mol. The summed E-state index contributed by atoms with van der Waals surface area (Å²) in [6.07, 6.45) is 9.60. The second kappa shape index (κ2) is 14.3. The fourth-order valence-corrected chi connectivity index (χ4v) is 7.19. The molecule has 3 aliphatic rings. The zero-order chi connectivity index (χ0) is 31.2. The van der Waals surface area contributed by atoms with E-state index in [0.717, 1.165) is 68.8 Å². The molecule has 10 nitrogen and oxygen atoms in total. The second-order valence-electron chi connectivity index (χ2n) is 12.8. The number of likely N-dealkylation sites (tertiary alicyclic amines) is 2. The van der Waals surface area contributed by atoms with Gasteiger partial charge in [-0.05, 0) is 74.5 Å². The summed E-state index contributed by atoms with van der Waals surface area (Å²) >= 11 is 0. The number of piperidine rings is 1. The molecular weight excluding hydrogens is 558 g/mol. The normalized spacial score (nSPS) is 22.7. The van der Waals surface area contributed by atoms with Crippen LogP contribution in [0, 0.1) is 5.92 Å². The van der Waals surface area contributed by atoms with Gasteiger partial charge in [-0.15, -0.1) is 0 Å². The summed E-state index contributed by atoms with van der Waals surface area (Å²) in [6.45, 7) is 3.59. The molecular formula is C34H45N5O5. The fourth-order valence-electron chi connectivity index (χ4n) is 7.19. The topological polar surface area (TPSA) is 142 Å². The van der Waals surface area contributed by atoms with Gasteiger partial charge < -0.3 is 21.3 Å². The van der Waals surface area contributed by atoms with Crippen LogP contribution in [0.2, 0.25) is 0 Å². The van der Waals surface area contributed by atoms with E-state index in [9.17, 15) is 24.0 Å². The number of amides is 4. The molecule has 0 radical (unpaired) electrons. The van der Waals surface area contributed by atoms with Crippen molar-refractivity contribution in [2.75, 3.05) is 19.6 Å². The van der Waals surface area contributed by atoms with Gasteiger partial charge in [0, 0.05) is 18.2 Å². The van der Waals surface area contributed by atoms with Crippen LogP contribution >= 0.6 is 0 Å². The van der Waals surface area contributed by atoms with E-state index < -0.39 is 35.7 Å². The van der Waals surface area contributed by atoms with E-state index in [0.29, 0.717) is 30.9 Å². The van der Waals surface area contributed by atoms with Crippen LogP contribution < -0.4 is 16.4 Å². The molecule has 2 saturated heterocycles. The minimum absolute atomic E-state index is 0.0105. The number of hydrogen-bond donors (Lipinski definition) is 3. The molecule has 4 atom stereocenters. The Kier molecular flexibility index (Phi) is 10.3. The number of hydrogen-bond acceptors (Lipinski definition) is 6. The Hall–Kier alpha value is -3.79. The summed E-state index contributed by atoms with van der Waals surface area (Å²) in [4.78, 5) is 69.2. The molecule has 0 aromatic heterocycles. The number of nitrogens with zero attached hydrogens (tertiary/aromatic N) is 2. The van der Waals surface area contributed by atoms with Crippen LogP contribution in [-0.2, 0) is 19.2 Å². The van der Waals surface area contributed by atoms with Gasteiger partial charge in [0.05, 0.1) is 6.04 Å². The molecule has 0 bridgehead atoms. The number of primary amides is 1. The zero-order valence-electron chi connectivity index (χ0n) is 25.6. The summed E-state index contributed by atoms with van der Waals surface area (Å²) < 4.78 is 0. The highest BCUT2D eigenvalue weighted by Gasteiger charge is 2.45. The van der Waals surface area contributed by atoms with Gasteiger partial charge in [-0.2, -0.15) is 0 Å². The molecule has 44 heavy (non-hydrogen) atoms. The van der Waals surface area contributed by atoms with Gasteiger partial charge >= 0.3 is 0 Å². The number of ketones is 1. The lowest BCUT2D eigenvalue weighted by Gasteiger charge is -2.33. The van der Waals surface area contributed by atoms with Crippen molar-refractivity contribution >= 4 is 40.2 Å². The van der Waals surface area contributed by atoms with Crippen LogP contribution in [0.5, 0.6) is 0 Å². The molecule has 2 aliphatic heterocycles. The van der Waals surface area contributed by atoms with E-state index >= 15 is 0 Å². The summed E-state index contributed by atoms with van der Waals surface area (Å²) in [6, 6.07) is 10.6. The first-order chi connectivity index (χ1) is 21.2. The first kappa shape index (κ1) is 31.6. The minimum atomic E-state index is -1.12. The lowest BCUT2D eigenvalue weighted by atomic mass is 9.84. The van der Waals surface area contributed by atoms with Gasteiger partial charge in [0.2, 0.25) is 17.6 Å². The third kappa shape index (κ3) is 7.46. The average Bonchev–Trinajstić information content (AvgIpc) is 3.50. The van der Waals surface area contributed by atoms with Crippen molar-refractivity contribution in [3.8, 4) is 0 Å². The fraction of sp³-hybridized carbons (Fsp3) is 0.559. The molecule has 4 N–H and O–H groups in total. The molecule has 4 amide bonds. The van der Waals surface area contributed by atoms with Crippen LogP contribution in [-0.4, -0.2) is 83.0 Å². The average molecular weight is 604 g/mol. The van der Waals surface area contributed by atoms with Crippen molar-refractivity contribution in [2.24, 2.45) is 11.7 Å². The first-order valence-electron chi connectivity index (χ1n) is 16.2. The Bertz CT molecular complexity index is 1380. The minimum Gasteiger partial charge on any atom is -0.363 e. The van der Waals surface area contributed by atoms with Gasteiger partial charge in [0.1, 0.15) is 12.1 Å². The van der Waals surface area contributed by atoms with E-state index in [2.05, 4.69) is 15.5 Å². The molecule has 1 unspecified atom stereocenters. The molecule has 236 valence electrons. The van der Waals surface area contributed by atoms with E-state index in [4.69, 9.17) is 5.73 Å². The lowest BCUT2D eigenvalue weighted by Crippen LogP contribution is -2.56. The zero-order valence-corrected chi connectivity index (χ0v) is 25.6. The van der Waals surface area contributed by atoms with Gasteiger partial charge in [-0.25, -0.2) is 0 Å². The standard InChI is InChI=1S/C34H45N5O5/c1-22(30(40)31(35)41)36-33(43)29-20-27(38-16-8-3-9-17-38)21-39(29)34(44)28(18-23-10-4-2-5-11-23)37-32(42)26-15-14-24-12-6-7-13-25(24)19-26/h6-7,12-15,19,22-23,27-29H,2-5,8-11,16-18,20-21H2,1H3,(H2,35,41)(H,36,43)(H,37,42)/t22?,27-,28-,29+/m1/s1. The number of carbonyl (C=O) groups excluding carboxylic acids is 5. The molecule has 2 heterocycles. The van der Waals surface area contributed by atoms with Gasteiger partial charge in [0.15, 0.2) is 0 Å². The van der Waals surface area contributed by atoms with Gasteiger partial charge in [0.25, 0.3) is 11.8 Å². The van der Waals surface area contributed by atoms with Crippen LogP contribution in [0.4, 0.5) is 0 Å². The van der Waals surface area contributed by atoms with Crippen molar-refractivity contribution < 1.29 is 24.0 Å². The Labute approximate surface area is 259 Å². The van der Waals surface area contributed by atoms with Gasteiger partial charge in [-0.3, -0.25) is 28.9 Å². The molecule has 3 fully saturated rings. The Morgan fingerprint density at radius 1 is 0.886 bits per heavy atom. The largest absolute Gasteiger partial charge is 0.363 e. The number of fused-ring (bicyclic) bond motifs is 1. The molecule has 10 heteroatoms. The lowest BCUT2D eigenvalue weighted by molar-refractivity contribution is -0.142. The van der Waals surface area contributed by atoms with E-state index in [1.165, 1.54) is 13.3 Å². The van der Waals surface area contributed by atoms with Crippen LogP contribution in [0.15, 0.2) is 42.5 Å². The summed E-state index contributed by atoms with van der Waals surface area (Å²) in [7, 11) is 0. The molecule has 1 aliphatic carbocycles. The summed E-state index contributed by atoms with van der Waals surface area (Å²) in [5.41, 5.74) is 5.64. The van der Waals surface area contributed by atoms with E-state index in [-0.39, 0.29) is 17.9 Å². The van der Waals surface area contributed by atoms with E-state index in [1.807, 2.05) is 36.4 Å². The Morgan fingerprint density at radius 2 is 1.57 bits per heavy atom. The third-order valence-corrected chi connectivity index (χ3v) is 9.68. The third-order valence-electron chi connectivity index (χ3n) is 9.68. The molecule has 1 saturated carbocycles. The van der Waals surface area contributed by atoms with Crippen LogP contribution in [0.1, 0.15) is 81.5 Å². The molecule has 2 aromatic rings. The van der Waals surface area contributed by atoms with Crippen molar-refractivity contribution in [3.05, 3.63) is 48.0 Å². The van der Waals surface area contributed by atoms with Crippen molar-refractivity contribution in [1.29, 1.82) is 0 Å². The maximum absolute atomic E-state index is 14.4. The predicted molar refractivity (Wildman–Crippen MR) is 168 cm³/mol. The quantitative estimate of drug-likeness (QED) is 0.357. The number of carbonyl (C=O) groups is 5. The van der Waals surface area contributed by atoms with E-state index in [1.54, 1.807) is 11.0 Å². The molecule has 5 rings (SSSR count). The van der Waals surface area contributed by atoms with Crippen LogP contribution in [0.25, 0.3) is 10.8 Å². The first-order valence-corrected chi connectivity index (χ1v) is 16.2. The maximum atomic E-state index is 14.4. The maximum Gasteiger partial charge on any atom is 0.287 e. The predicted octanol–water partition coefficient (Wildman–Crippen LogP) is 2.92. The highest BCUT2D eigenvalue weighted by atomic mass is 16.2. The SMILES string of the molecule is CC(NC(=O)[C@@H]1C[C@@H](N2CCCCC2)CN1C(=O)[C@@H](CC1CCCCC1)NC(=O)c1ccc2ccccc2c1)C(=O)C(N)=O. The number of nitrogens with one attached hydrogen (secondary N) is 2. The highest BCUT2D eigenvalue weighted by molar-refractivity contribution is 6.37. The number of nitrogens with two attached hydrogens (primary N) is 1. The highest BCUT2D eigenvalue weighted by Crippen LogP contribution is 2.31. The smallest absolute Gasteiger partial charge is 0.287 e. The Morgan fingerprint density at radius 3 is 2.27 bits per heavy atom. The van der Waals surface area contributed by atoms with Crippen LogP contribution in [0.3, 0.4) is 0 Å². The van der Waals surface area contributed by atoms with Crippen molar-refractivity contribution in [1.82, 2.24) is 20.4 Å².